The van der Waals surface area contributed by atoms with Crippen molar-refractivity contribution in [2.75, 3.05) is 0 Å². The number of allylic oxidation sites excluding steroid dienone is 3. The van der Waals surface area contributed by atoms with Crippen LogP contribution in [-0.2, 0) is 6.42 Å². The molecule has 1 aromatic heterocycles. The molecule has 0 bridgehead atoms. The third kappa shape index (κ3) is 2.25. The average Bonchev–Trinajstić information content (AvgIpc) is 2.47. The van der Waals surface area contributed by atoms with E-state index in [0.717, 1.165) is 5.69 Å². The van der Waals surface area contributed by atoms with Crippen molar-refractivity contribution in [2.45, 2.75) is 27.2 Å². The van der Waals surface area contributed by atoms with Crippen LogP contribution < -0.4 is 5.76 Å². The number of oxazole rings is 1. The van der Waals surface area contributed by atoms with Crippen LogP contribution >= 0.6 is 0 Å². The smallest absolute Gasteiger partial charge is 0.412 e. The summed E-state index contributed by atoms with van der Waals surface area (Å²) in [6, 6.07) is 0. The standard InChI is InChI=1S/C9H9NO2.C2H6/c1-6-2-4-7-8(5-3-6)12-9(11)10-7;1-2/h2-4H,5H2,1H3,(H,10,11);1-2H3. The molecule has 3 nitrogen and oxygen atoms in total. The van der Waals surface area contributed by atoms with Gasteiger partial charge in [0.25, 0.3) is 0 Å². The molecule has 76 valence electrons. The highest BCUT2D eigenvalue weighted by atomic mass is 16.4. The second-order valence-electron chi connectivity index (χ2n) is 2.84. The molecule has 14 heavy (non-hydrogen) atoms. The van der Waals surface area contributed by atoms with E-state index in [1.807, 2.05) is 39.0 Å². The van der Waals surface area contributed by atoms with Crippen LogP contribution in [-0.4, -0.2) is 4.98 Å². The number of aromatic amines is 1. The fourth-order valence-electron chi connectivity index (χ4n) is 1.19. The molecular weight excluding hydrogens is 178 g/mol. The van der Waals surface area contributed by atoms with Crippen LogP contribution in [0, 0.1) is 0 Å². The molecule has 1 aromatic rings. The minimum absolute atomic E-state index is 0.377. The second kappa shape index (κ2) is 4.65. The van der Waals surface area contributed by atoms with Crippen molar-refractivity contribution in [3.05, 3.63) is 39.7 Å². The van der Waals surface area contributed by atoms with E-state index in [4.69, 9.17) is 4.42 Å². The Morgan fingerprint density at radius 2 is 2.07 bits per heavy atom. The van der Waals surface area contributed by atoms with Gasteiger partial charge in [-0.3, -0.25) is 4.98 Å². The average molecular weight is 193 g/mol. The lowest BCUT2D eigenvalue weighted by Gasteiger charge is -1.87. The van der Waals surface area contributed by atoms with Crippen molar-refractivity contribution in [2.24, 2.45) is 0 Å². The maximum Gasteiger partial charge on any atom is 0.416 e. The van der Waals surface area contributed by atoms with E-state index in [9.17, 15) is 4.79 Å². The normalized spacial score (nSPS) is 13.5. The Labute approximate surface area is 83.1 Å². The predicted molar refractivity (Wildman–Crippen MR) is 57.2 cm³/mol. The SMILES string of the molecule is CC.CC1=CCc2oc(=O)[nH]c2C=C1. The van der Waals surface area contributed by atoms with Crippen molar-refractivity contribution in [1.29, 1.82) is 0 Å². The van der Waals surface area contributed by atoms with Gasteiger partial charge in [-0.2, -0.15) is 0 Å². The van der Waals surface area contributed by atoms with Crippen LogP contribution in [0.1, 0.15) is 32.2 Å². The number of hydrogen-bond donors (Lipinski definition) is 1. The zero-order chi connectivity index (χ0) is 10.6. The maximum atomic E-state index is 10.8. The molecule has 0 fully saturated rings. The number of H-pyrrole nitrogens is 1. The Morgan fingerprint density at radius 3 is 2.79 bits per heavy atom. The molecule has 0 unspecified atom stereocenters. The minimum atomic E-state index is -0.377. The molecule has 2 rings (SSSR count). The van der Waals surface area contributed by atoms with Gasteiger partial charge in [-0.15, -0.1) is 0 Å². The third-order valence-corrected chi connectivity index (χ3v) is 1.88. The Morgan fingerprint density at radius 1 is 1.36 bits per heavy atom. The lowest BCUT2D eigenvalue weighted by atomic mass is 10.2. The first-order chi connectivity index (χ1) is 6.75. The lowest BCUT2D eigenvalue weighted by Crippen LogP contribution is -1.94. The minimum Gasteiger partial charge on any atom is -0.412 e. The molecule has 1 heterocycles. The van der Waals surface area contributed by atoms with Gasteiger partial charge in [-0.1, -0.05) is 31.6 Å². The Kier molecular flexibility index (Phi) is 3.51. The van der Waals surface area contributed by atoms with Crippen molar-refractivity contribution in [3.63, 3.8) is 0 Å². The summed E-state index contributed by atoms with van der Waals surface area (Å²) >= 11 is 0. The van der Waals surface area contributed by atoms with Crippen molar-refractivity contribution in [1.82, 2.24) is 4.98 Å². The molecular formula is C11H15NO2. The first kappa shape index (κ1) is 10.6. The summed E-state index contributed by atoms with van der Waals surface area (Å²) in [6.45, 7) is 6.01. The molecule has 0 spiro atoms. The van der Waals surface area contributed by atoms with E-state index < -0.39 is 0 Å². The van der Waals surface area contributed by atoms with Crippen LogP contribution in [0.25, 0.3) is 6.08 Å². The Balaban J connectivity index is 0.000000461. The van der Waals surface area contributed by atoms with E-state index in [-0.39, 0.29) is 5.76 Å². The molecule has 0 aromatic carbocycles. The number of hydrogen-bond acceptors (Lipinski definition) is 2. The maximum absolute atomic E-state index is 10.8. The summed E-state index contributed by atoms with van der Waals surface area (Å²) in [5.74, 6) is 0.339. The van der Waals surface area contributed by atoms with Gasteiger partial charge in [-0.05, 0) is 13.0 Å². The summed E-state index contributed by atoms with van der Waals surface area (Å²) < 4.78 is 4.93. The monoisotopic (exact) mass is 193 g/mol. The van der Waals surface area contributed by atoms with Crippen LogP contribution in [0.4, 0.5) is 0 Å². The number of rotatable bonds is 0. The van der Waals surface area contributed by atoms with Gasteiger partial charge < -0.3 is 4.42 Å². The predicted octanol–water partition coefficient (Wildman–Crippen LogP) is 2.51. The van der Waals surface area contributed by atoms with Gasteiger partial charge >= 0.3 is 5.76 Å². The van der Waals surface area contributed by atoms with Crippen LogP contribution in [0.5, 0.6) is 0 Å². The van der Waals surface area contributed by atoms with Gasteiger partial charge in [-0.25, -0.2) is 4.79 Å². The summed E-state index contributed by atoms with van der Waals surface area (Å²) in [6.07, 6.45) is 6.53. The summed E-state index contributed by atoms with van der Waals surface area (Å²) in [5, 5.41) is 0. The fourth-order valence-corrected chi connectivity index (χ4v) is 1.19. The lowest BCUT2D eigenvalue weighted by molar-refractivity contribution is 0.479. The molecule has 3 heteroatoms. The van der Waals surface area contributed by atoms with E-state index >= 15 is 0 Å². The van der Waals surface area contributed by atoms with Gasteiger partial charge in [0.15, 0.2) is 0 Å². The number of fused-ring (bicyclic) bond motifs is 1. The molecule has 1 aliphatic rings. The fraction of sp³-hybridized carbons (Fsp3) is 0.364. The highest BCUT2D eigenvalue weighted by molar-refractivity contribution is 5.52. The van der Waals surface area contributed by atoms with Crippen LogP contribution in [0.3, 0.4) is 0 Å². The van der Waals surface area contributed by atoms with E-state index in [1.54, 1.807) is 0 Å². The molecule has 0 atom stereocenters. The van der Waals surface area contributed by atoms with Gasteiger partial charge in [0, 0.05) is 6.42 Å². The quantitative estimate of drug-likeness (QED) is 0.688. The first-order valence-corrected chi connectivity index (χ1v) is 4.82. The topological polar surface area (TPSA) is 46.0 Å². The molecule has 0 aliphatic heterocycles. The summed E-state index contributed by atoms with van der Waals surface area (Å²) in [7, 11) is 0. The third-order valence-electron chi connectivity index (χ3n) is 1.88. The molecule has 0 saturated carbocycles. The van der Waals surface area contributed by atoms with E-state index in [1.165, 1.54) is 5.57 Å². The number of nitrogens with one attached hydrogen (secondary N) is 1. The van der Waals surface area contributed by atoms with Crippen molar-refractivity contribution < 1.29 is 4.42 Å². The van der Waals surface area contributed by atoms with Gasteiger partial charge in [0.05, 0.1) is 5.69 Å². The van der Waals surface area contributed by atoms with Crippen LogP contribution in [0.2, 0.25) is 0 Å². The highest BCUT2D eigenvalue weighted by Crippen LogP contribution is 2.14. The summed E-state index contributed by atoms with van der Waals surface area (Å²) in [5.41, 5.74) is 1.97. The van der Waals surface area contributed by atoms with Crippen molar-refractivity contribution in [3.8, 4) is 0 Å². The first-order valence-electron chi connectivity index (χ1n) is 4.82. The van der Waals surface area contributed by atoms with Crippen molar-refractivity contribution >= 4 is 6.08 Å². The van der Waals surface area contributed by atoms with Crippen LogP contribution in [0.15, 0.2) is 26.9 Å². The zero-order valence-electron chi connectivity index (χ0n) is 8.76. The second-order valence-corrected chi connectivity index (χ2v) is 2.84. The largest absolute Gasteiger partial charge is 0.416 e. The molecule has 1 aliphatic carbocycles. The summed E-state index contributed by atoms with van der Waals surface area (Å²) in [4.78, 5) is 13.4. The Hall–Kier alpha value is -1.51. The number of aromatic nitrogens is 1. The zero-order valence-corrected chi connectivity index (χ0v) is 8.76. The van der Waals surface area contributed by atoms with Gasteiger partial charge in [0.2, 0.25) is 0 Å². The molecule has 0 radical (unpaired) electrons. The van der Waals surface area contributed by atoms with E-state index in [0.29, 0.717) is 12.2 Å². The Bertz CT molecular complexity index is 407. The highest BCUT2D eigenvalue weighted by Gasteiger charge is 2.07. The molecule has 0 amide bonds. The van der Waals surface area contributed by atoms with Gasteiger partial charge in [0.1, 0.15) is 5.76 Å². The molecule has 0 saturated heterocycles. The molecule has 1 N–H and O–H groups in total. The van der Waals surface area contributed by atoms with E-state index in [2.05, 4.69) is 4.98 Å².